The number of rotatable bonds is 1. The lowest BCUT2D eigenvalue weighted by Gasteiger charge is -1.99. The number of aromatic nitrogens is 2. The fraction of sp³-hybridized carbons (Fsp3) is 0.333. The maximum atomic E-state index is 12.5. The molecule has 0 saturated heterocycles. The standard InChI is InChI=1S/C6H8FN3/c1-4(7)5-2-3-9-6(8)10-5/h2-4H,1H3,(H2,8,9,10)/t4-/m1/s1. The Morgan fingerprint density at radius 1 is 1.70 bits per heavy atom. The number of alkyl halides is 1. The first-order chi connectivity index (χ1) is 4.70. The van der Waals surface area contributed by atoms with Crippen molar-refractivity contribution in [1.29, 1.82) is 0 Å². The van der Waals surface area contributed by atoms with Gasteiger partial charge in [-0.25, -0.2) is 14.4 Å². The monoisotopic (exact) mass is 141 g/mol. The quantitative estimate of drug-likeness (QED) is 0.636. The Morgan fingerprint density at radius 2 is 2.40 bits per heavy atom. The summed E-state index contributed by atoms with van der Waals surface area (Å²) < 4.78 is 12.5. The first kappa shape index (κ1) is 6.92. The molecule has 4 heteroatoms. The first-order valence-electron chi connectivity index (χ1n) is 2.92. The van der Waals surface area contributed by atoms with Gasteiger partial charge >= 0.3 is 0 Å². The van der Waals surface area contributed by atoms with E-state index < -0.39 is 6.17 Å². The molecule has 2 N–H and O–H groups in total. The van der Waals surface area contributed by atoms with Crippen molar-refractivity contribution < 1.29 is 4.39 Å². The maximum absolute atomic E-state index is 12.5. The lowest BCUT2D eigenvalue weighted by atomic mass is 10.3. The van der Waals surface area contributed by atoms with E-state index in [1.807, 2.05) is 0 Å². The van der Waals surface area contributed by atoms with Crippen LogP contribution < -0.4 is 5.73 Å². The van der Waals surface area contributed by atoms with Gasteiger partial charge in [-0.05, 0) is 13.0 Å². The summed E-state index contributed by atoms with van der Waals surface area (Å²) in [6.07, 6.45) is 0.360. The topological polar surface area (TPSA) is 51.8 Å². The predicted molar refractivity (Wildman–Crippen MR) is 36.0 cm³/mol. The average molecular weight is 141 g/mol. The highest BCUT2D eigenvalue weighted by Gasteiger charge is 2.03. The van der Waals surface area contributed by atoms with E-state index in [9.17, 15) is 4.39 Å². The average Bonchev–Trinajstić information content (AvgIpc) is 1.88. The number of nitrogen functional groups attached to an aromatic ring is 1. The molecule has 0 amide bonds. The predicted octanol–water partition coefficient (Wildman–Crippen LogP) is 1.09. The van der Waals surface area contributed by atoms with Gasteiger partial charge in [0.25, 0.3) is 0 Å². The Balaban J connectivity index is 2.96. The molecule has 0 aliphatic heterocycles. The van der Waals surface area contributed by atoms with E-state index >= 15 is 0 Å². The summed E-state index contributed by atoms with van der Waals surface area (Å²) in [6, 6.07) is 1.50. The van der Waals surface area contributed by atoms with Crippen LogP contribution in [-0.2, 0) is 0 Å². The molecular weight excluding hydrogens is 133 g/mol. The van der Waals surface area contributed by atoms with Crippen LogP contribution in [0.15, 0.2) is 12.3 Å². The van der Waals surface area contributed by atoms with Gasteiger partial charge in [-0.2, -0.15) is 0 Å². The highest BCUT2D eigenvalue weighted by Crippen LogP contribution is 2.12. The summed E-state index contributed by atoms with van der Waals surface area (Å²) in [5.41, 5.74) is 5.53. The number of anilines is 1. The van der Waals surface area contributed by atoms with Crippen molar-refractivity contribution in [3.63, 3.8) is 0 Å². The third kappa shape index (κ3) is 1.40. The zero-order chi connectivity index (χ0) is 7.56. The van der Waals surface area contributed by atoms with E-state index in [4.69, 9.17) is 5.73 Å². The van der Waals surface area contributed by atoms with Crippen LogP contribution in [0.4, 0.5) is 10.3 Å². The van der Waals surface area contributed by atoms with Crippen molar-refractivity contribution in [3.8, 4) is 0 Å². The van der Waals surface area contributed by atoms with Crippen molar-refractivity contribution >= 4 is 5.95 Å². The van der Waals surface area contributed by atoms with Crippen LogP contribution in [0.2, 0.25) is 0 Å². The fourth-order valence-electron chi connectivity index (χ4n) is 0.610. The van der Waals surface area contributed by atoms with Crippen molar-refractivity contribution in [2.24, 2.45) is 0 Å². The van der Waals surface area contributed by atoms with Crippen LogP contribution in [0.1, 0.15) is 18.8 Å². The van der Waals surface area contributed by atoms with Crippen LogP contribution in [0.5, 0.6) is 0 Å². The Morgan fingerprint density at radius 3 is 2.80 bits per heavy atom. The van der Waals surface area contributed by atoms with Gasteiger partial charge in [0.15, 0.2) is 0 Å². The summed E-state index contributed by atoms with van der Waals surface area (Å²) in [7, 11) is 0. The van der Waals surface area contributed by atoms with Gasteiger partial charge in [-0.1, -0.05) is 0 Å². The van der Waals surface area contributed by atoms with Gasteiger partial charge in [-0.15, -0.1) is 0 Å². The van der Waals surface area contributed by atoms with E-state index in [1.54, 1.807) is 0 Å². The fourth-order valence-corrected chi connectivity index (χ4v) is 0.610. The summed E-state index contributed by atoms with van der Waals surface area (Å²) in [4.78, 5) is 7.29. The van der Waals surface area contributed by atoms with Crippen molar-refractivity contribution in [3.05, 3.63) is 18.0 Å². The molecule has 1 heterocycles. The van der Waals surface area contributed by atoms with Crippen molar-refractivity contribution in [1.82, 2.24) is 9.97 Å². The zero-order valence-electron chi connectivity index (χ0n) is 5.58. The van der Waals surface area contributed by atoms with Gasteiger partial charge in [0.05, 0.1) is 5.69 Å². The molecule has 0 fully saturated rings. The molecule has 0 spiro atoms. The second-order valence-electron chi connectivity index (χ2n) is 1.96. The minimum atomic E-state index is -1.08. The Bertz CT molecular complexity index is 224. The summed E-state index contributed by atoms with van der Waals surface area (Å²) >= 11 is 0. The molecular formula is C6H8FN3. The molecule has 0 saturated carbocycles. The van der Waals surface area contributed by atoms with E-state index in [1.165, 1.54) is 19.2 Å². The van der Waals surface area contributed by atoms with Crippen molar-refractivity contribution in [2.75, 3.05) is 5.73 Å². The number of nitrogens with zero attached hydrogens (tertiary/aromatic N) is 2. The zero-order valence-corrected chi connectivity index (χ0v) is 5.58. The third-order valence-electron chi connectivity index (χ3n) is 1.10. The molecule has 1 rings (SSSR count). The molecule has 1 aromatic heterocycles. The number of halogens is 1. The van der Waals surface area contributed by atoms with Crippen LogP contribution in [0.3, 0.4) is 0 Å². The Hall–Kier alpha value is -1.19. The largest absolute Gasteiger partial charge is 0.368 e. The molecule has 0 aliphatic carbocycles. The van der Waals surface area contributed by atoms with E-state index in [0.29, 0.717) is 5.69 Å². The number of hydrogen-bond donors (Lipinski definition) is 1. The van der Waals surface area contributed by atoms with Gasteiger partial charge in [0.1, 0.15) is 6.17 Å². The molecule has 0 unspecified atom stereocenters. The third-order valence-corrected chi connectivity index (χ3v) is 1.10. The minimum Gasteiger partial charge on any atom is -0.368 e. The SMILES string of the molecule is C[C@@H](F)c1ccnc(N)n1. The smallest absolute Gasteiger partial charge is 0.220 e. The van der Waals surface area contributed by atoms with Gasteiger partial charge in [0, 0.05) is 6.20 Å². The molecule has 0 radical (unpaired) electrons. The molecule has 0 aliphatic rings. The Kier molecular flexibility index (Phi) is 1.80. The van der Waals surface area contributed by atoms with Crippen LogP contribution in [0.25, 0.3) is 0 Å². The first-order valence-corrected chi connectivity index (χ1v) is 2.92. The molecule has 3 nitrogen and oxygen atoms in total. The molecule has 1 atom stereocenters. The lowest BCUT2D eigenvalue weighted by molar-refractivity contribution is 0.365. The Labute approximate surface area is 58.1 Å². The molecule has 54 valence electrons. The van der Waals surface area contributed by atoms with Gasteiger partial charge < -0.3 is 5.73 Å². The number of hydrogen-bond acceptors (Lipinski definition) is 3. The van der Waals surface area contributed by atoms with E-state index in [0.717, 1.165) is 0 Å². The molecule has 1 aromatic rings. The second-order valence-corrected chi connectivity index (χ2v) is 1.96. The summed E-state index contributed by atoms with van der Waals surface area (Å²) in [5.74, 6) is 0.113. The lowest BCUT2D eigenvalue weighted by Crippen LogP contribution is -1.98. The maximum Gasteiger partial charge on any atom is 0.220 e. The molecule has 0 aromatic carbocycles. The summed E-state index contributed by atoms with van der Waals surface area (Å²) in [5, 5.41) is 0. The van der Waals surface area contributed by atoms with Crippen LogP contribution in [0, 0.1) is 0 Å². The minimum absolute atomic E-state index is 0.113. The van der Waals surface area contributed by atoms with Gasteiger partial charge in [-0.3, -0.25) is 0 Å². The highest BCUT2D eigenvalue weighted by atomic mass is 19.1. The normalized spacial score (nSPS) is 13.0. The van der Waals surface area contributed by atoms with Crippen LogP contribution in [-0.4, -0.2) is 9.97 Å². The number of nitrogens with two attached hydrogens (primary N) is 1. The van der Waals surface area contributed by atoms with E-state index in [2.05, 4.69) is 9.97 Å². The molecule has 10 heavy (non-hydrogen) atoms. The van der Waals surface area contributed by atoms with Crippen LogP contribution >= 0.6 is 0 Å². The van der Waals surface area contributed by atoms with Gasteiger partial charge in [0.2, 0.25) is 5.95 Å². The summed E-state index contributed by atoms with van der Waals surface area (Å²) in [6.45, 7) is 1.40. The highest BCUT2D eigenvalue weighted by molar-refractivity contribution is 5.18. The van der Waals surface area contributed by atoms with Crippen molar-refractivity contribution in [2.45, 2.75) is 13.1 Å². The van der Waals surface area contributed by atoms with E-state index in [-0.39, 0.29) is 5.95 Å². The molecule has 0 bridgehead atoms. The second kappa shape index (κ2) is 2.60.